The summed E-state index contributed by atoms with van der Waals surface area (Å²) in [5.74, 6) is 0. The lowest BCUT2D eigenvalue weighted by molar-refractivity contribution is 0.130. The van der Waals surface area contributed by atoms with Crippen molar-refractivity contribution >= 4 is 0 Å². The fourth-order valence-corrected chi connectivity index (χ4v) is 1.03. The Morgan fingerprint density at radius 2 is 2.56 bits per heavy atom. The Morgan fingerprint density at radius 1 is 1.67 bits per heavy atom. The third kappa shape index (κ3) is 2.33. The molecule has 0 aromatic heterocycles. The largest absolute Gasteiger partial charge is 0.380 e. The fraction of sp³-hybridized carbons (Fsp3) is 1.00. The topological polar surface area (TPSA) is 21.3 Å². The van der Waals surface area contributed by atoms with E-state index in [9.17, 15) is 0 Å². The molecule has 1 aliphatic heterocycles. The minimum Gasteiger partial charge on any atom is -0.380 e. The highest BCUT2D eigenvalue weighted by Gasteiger charge is 2.07. The van der Waals surface area contributed by atoms with Crippen LogP contribution in [0.2, 0.25) is 0 Å². The van der Waals surface area contributed by atoms with Crippen LogP contribution in [0, 0.1) is 0 Å². The quantitative estimate of drug-likeness (QED) is 0.564. The molecule has 1 fully saturated rings. The maximum Gasteiger partial charge on any atom is 0.0619 e. The van der Waals surface area contributed by atoms with Crippen LogP contribution < -0.4 is 5.32 Å². The monoisotopic (exact) mass is 129 g/mol. The third-order valence-corrected chi connectivity index (χ3v) is 1.71. The lowest BCUT2D eigenvalue weighted by atomic mass is 10.2. The fourth-order valence-electron chi connectivity index (χ4n) is 1.03. The molecule has 2 heteroatoms. The average molecular weight is 129 g/mol. The predicted octanol–water partition coefficient (Wildman–Crippen LogP) is 0.775. The first-order valence-electron chi connectivity index (χ1n) is 3.74. The van der Waals surface area contributed by atoms with Gasteiger partial charge in [-0.25, -0.2) is 0 Å². The Kier molecular flexibility index (Phi) is 3.01. The highest BCUT2D eigenvalue weighted by Crippen LogP contribution is 1.97. The number of rotatable bonds is 1. The lowest BCUT2D eigenvalue weighted by Crippen LogP contribution is -2.30. The second-order valence-electron chi connectivity index (χ2n) is 2.49. The Hall–Kier alpha value is -0.0800. The standard InChI is InChI=1S/C7H15NO/c1-2-7-6-9-5-3-4-8-7/h7-8H,2-6H2,1H3. The van der Waals surface area contributed by atoms with E-state index in [0.717, 1.165) is 26.2 Å². The van der Waals surface area contributed by atoms with E-state index in [2.05, 4.69) is 12.2 Å². The Bertz CT molecular complexity index is 67.3. The minimum atomic E-state index is 0.604. The van der Waals surface area contributed by atoms with Gasteiger partial charge in [-0.1, -0.05) is 6.92 Å². The van der Waals surface area contributed by atoms with Gasteiger partial charge in [0.1, 0.15) is 0 Å². The van der Waals surface area contributed by atoms with E-state index in [4.69, 9.17) is 4.74 Å². The molecule has 0 amide bonds. The van der Waals surface area contributed by atoms with Crippen molar-refractivity contribution in [3.63, 3.8) is 0 Å². The second kappa shape index (κ2) is 3.85. The van der Waals surface area contributed by atoms with E-state index >= 15 is 0 Å². The number of hydrogen-bond acceptors (Lipinski definition) is 2. The molecule has 2 nitrogen and oxygen atoms in total. The lowest BCUT2D eigenvalue weighted by Gasteiger charge is -2.10. The minimum absolute atomic E-state index is 0.604. The Morgan fingerprint density at radius 3 is 3.33 bits per heavy atom. The summed E-state index contributed by atoms with van der Waals surface area (Å²) in [6, 6.07) is 0.604. The Labute approximate surface area is 56.6 Å². The molecule has 1 rings (SSSR count). The summed E-state index contributed by atoms with van der Waals surface area (Å²) in [6.07, 6.45) is 2.34. The molecule has 0 aromatic rings. The zero-order valence-corrected chi connectivity index (χ0v) is 6.02. The smallest absolute Gasteiger partial charge is 0.0619 e. The van der Waals surface area contributed by atoms with E-state index in [1.165, 1.54) is 6.42 Å². The second-order valence-corrected chi connectivity index (χ2v) is 2.49. The summed E-state index contributed by atoms with van der Waals surface area (Å²) in [5, 5.41) is 3.41. The van der Waals surface area contributed by atoms with E-state index in [-0.39, 0.29) is 0 Å². The van der Waals surface area contributed by atoms with Crippen molar-refractivity contribution < 1.29 is 4.74 Å². The molecule has 0 spiro atoms. The van der Waals surface area contributed by atoms with Crippen molar-refractivity contribution in [3.8, 4) is 0 Å². The van der Waals surface area contributed by atoms with Crippen LogP contribution >= 0.6 is 0 Å². The van der Waals surface area contributed by atoms with Gasteiger partial charge in [-0.05, 0) is 19.4 Å². The van der Waals surface area contributed by atoms with Crippen LogP contribution in [-0.4, -0.2) is 25.8 Å². The van der Waals surface area contributed by atoms with Gasteiger partial charge >= 0.3 is 0 Å². The summed E-state index contributed by atoms with van der Waals surface area (Å²) >= 11 is 0. The van der Waals surface area contributed by atoms with Gasteiger partial charge in [-0.15, -0.1) is 0 Å². The number of nitrogens with one attached hydrogen (secondary N) is 1. The highest BCUT2D eigenvalue weighted by atomic mass is 16.5. The van der Waals surface area contributed by atoms with Crippen LogP contribution in [0.15, 0.2) is 0 Å². The van der Waals surface area contributed by atoms with Crippen LogP contribution in [0.25, 0.3) is 0 Å². The maximum atomic E-state index is 5.34. The molecule has 1 N–H and O–H groups in total. The van der Waals surface area contributed by atoms with Gasteiger partial charge in [-0.3, -0.25) is 0 Å². The molecule has 0 bridgehead atoms. The van der Waals surface area contributed by atoms with Gasteiger partial charge in [0.15, 0.2) is 0 Å². The normalized spacial score (nSPS) is 29.7. The zero-order valence-electron chi connectivity index (χ0n) is 6.02. The molecule has 1 unspecified atom stereocenters. The molecule has 54 valence electrons. The molecule has 0 aliphatic carbocycles. The predicted molar refractivity (Wildman–Crippen MR) is 37.5 cm³/mol. The highest BCUT2D eigenvalue weighted by molar-refractivity contribution is 4.65. The van der Waals surface area contributed by atoms with Gasteiger partial charge in [0.2, 0.25) is 0 Å². The van der Waals surface area contributed by atoms with E-state index in [1.54, 1.807) is 0 Å². The van der Waals surface area contributed by atoms with Crippen LogP contribution in [-0.2, 0) is 4.74 Å². The molecular formula is C7H15NO. The molecule has 9 heavy (non-hydrogen) atoms. The van der Waals surface area contributed by atoms with Gasteiger partial charge in [0.25, 0.3) is 0 Å². The van der Waals surface area contributed by atoms with E-state index in [0.29, 0.717) is 6.04 Å². The van der Waals surface area contributed by atoms with Crippen LogP contribution in [0.4, 0.5) is 0 Å². The summed E-state index contributed by atoms with van der Waals surface area (Å²) in [6.45, 7) is 5.14. The SMILES string of the molecule is CCC1COCCCN1. The molecular weight excluding hydrogens is 114 g/mol. The first-order valence-corrected chi connectivity index (χ1v) is 3.74. The number of hydrogen-bond donors (Lipinski definition) is 1. The molecule has 0 saturated carbocycles. The van der Waals surface area contributed by atoms with Crippen molar-refractivity contribution in [1.82, 2.24) is 5.32 Å². The summed E-state index contributed by atoms with van der Waals surface area (Å²) in [4.78, 5) is 0. The zero-order chi connectivity index (χ0) is 6.53. The Balaban J connectivity index is 2.18. The van der Waals surface area contributed by atoms with E-state index < -0.39 is 0 Å². The van der Waals surface area contributed by atoms with Crippen molar-refractivity contribution in [3.05, 3.63) is 0 Å². The average Bonchev–Trinajstić information content (AvgIpc) is 2.13. The van der Waals surface area contributed by atoms with Gasteiger partial charge < -0.3 is 10.1 Å². The van der Waals surface area contributed by atoms with Crippen molar-refractivity contribution in [2.24, 2.45) is 0 Å². The molecule has 0 aromatic carbocycles. The molecule has 1 aliphatic rings. The van der Waals surface area contributed by atoms with Gasteiger partial charge in [0, 0.05) is 12.6 Å². The van der Waals surface area contributed by atoms with Crippen LogP contribution in [0.5, 0.6) is 0 Å². The third-order valence-electron chi connectivity index (χ3n) is 1.71. The summed E-state index contributed by atoms with van der Waals surface area (Å²) < 4.78 is 5.34. The van der Waals surface area contributed by atoms with Crippen molar-refractivity contribution in [2.45, 2.75) is 25.8 Å². The first kappa shape index (κ1) is 7.03. The molecule has 1 saturated heterocycles. The van der Waals surface area contributed by atoms with Crippen molar-refractivity contribution in [1.29, 1.82) is 0 Å². The van der Waals surface area contributed by atoms with Gasteiger partial charge in [-0.2, -0.15) is 0 Å². The van der Waals surface area contributed by atoms with E-state index in [1.807, 2.05) is 0 Å². The van der Waals surface area contributed by atoms with Crippen LogP contribution in [0.3, 0.4) is 0 Å². The molecule has 0 radical (unpaired) electrons. The molecule has 1 atom stereocenters. The summed E-state index contributed by atoms with van der Waals surface area (Å²) in [7, 11) is 0. The van der Waals surface area contributed by atoms with Crippen molar-refractivity contribution in [2.75, 3.05) is 19.8 Å². The maximum absolute atomic E-state index is 5.34. The number of ether oxygens (including phenoxy) is 1. The first-order chi connectivity index (χ1) is 4.43. The van der Waals surface area contributed by atoms with Crippen LogP contribution in [0.1, 0.15) is 19.8 Å². The molecule has 1 heterocycles. The summed E-state index contributed by atoms with van der Waals surface area (Å²) in [5.41, 5.74) is 0. The van der Waals surface area contributed by atoms with Gasteiger partial charge in [0.05, 0.1) is 6.61 Å².